The van der Waals surface area contributed by atoms with Gasteiger partial charge in [0.05, 0.1) is 20.3 Å². The van der Waals surface area contributed by atoms with Gasteiger partial charge >= 0.3 is 36.4 Å². The van der Waals surface area contributed by atoms with Gasteiger partial charge in [0.25, 0.3) is 0 Å². The van der Waals surface area contributed by atoms with E-state index >= 15 is 0 Å². The Hall–Kier alpha value is -3.86. The molecule has 3 aliphatic heterocycles. The summed E-state index contributed by atoms with van der Waals surface area (Å²) in [6, 6.07) is 0. The average molecular weight is 570 g/mol. The summed E-state index contributed by atoms with van der Waals surface area (Å²) in [5.41, 5.74) is 0. The fraction of sp³-hybridized carbons (Fsp3) is 0.727. The summed E-state index contributed by atoms with van der Waals surface area (Å²) in [7, 11) is 1.22. The second-order valence-corrected chi connectivity index (χ2v) is 7.50. The van der Waals surface area contributed by atoms with E-state index < -0.39 is 54.7 Å². The van der Waals surface area contributed by atoms with Crippen molar-refractivity contribution in [3.63, 3.8) is 0 Å². The SMILES string of the molecule is CCCCCO.COC(=O)C1COC(=O)O1.O.O=C1OCC(C(=O)OCCCCOC(=O)C2COC(=O)O2)O1. The molecule has 0 bridgehead atoms. The van der Waals surface area contributed by atoms with Crippen LogP contribution in [0.3, 0.4) is 0 Å². The summed E-state index contributed by atoms with van der Waals surface area (Å²) in [6.45, 7) is 2.29. The van der Waals surface area contributed by atoms with Crippen LogP contribution >= 0.6 is 0 Å². The summed E-state index contributed by atoms with van der Waals surface area (Å²) in [5, 5.41) is 8.20. The molecule has 224 valence electrons. The van der Waals surface area contributed by atoms with E-state index in [2.05, 4.69) is 40.1 Å². The number of hydrogen-bond donors (Lipinski definition) is 1. The van der Waals surface area contributed by atoms with Gasteiger partial charge in [-0.25, -0.2) is 28.8 Å². The van der Waals surface area contributed by atoms with Crippen molar-refractivity contribution < 1.29 is 82.0 Å². The average Bonchev–Trinajstić information content (AvgIpc) is 3.66. The number of unbranched alkanes of at least 4 members (excludes halogenated alkanes) is 3. The van der Waals surface area contributed by atoms with Crippen LogP contribution in [0.15, 0.2) is 0 Å². The molecule has 3 rings (SSSR count). The number of cyclic esters (lactones) is 6. The van der Waals surface area contributed by atoms with Crippen molar-refractivity contribution in [3.05, 3.63) is 0 Å². The number of rotatable bonds is 11. The molecule has 3 fully saturated rings. The van der Waals surface area contributed by atoms with Gasteiger partial charge in [-0.1, -0.05) is 19.8 Å². The number of aliphatic hydroxyl groups is 1. The zero-order chi connectivity index (χ0) is 28.3. The van der Waals surface area contributed by atoms with Gasteiger partial charge in [-0.3, -0.25) is 0 Å². The minimum absolute atomic E-state index is 0. The van der Waals surface area contributed by atoms with Gasteiger partial charge in [0, 0.05) is 6.61 Å². The number of carbonyl (C=O) groups is 6. The maximum Gasteiger partial charge on any atom is 0.509 e. The summed E-state index contributed by atoms with van der Waals surface area (Å²) >= 11 is 0. The Kier molecular flexibility index (Phi) is 18.2. The number of methoxy groups -OCH3 is 1. The van der Waals surface area contributed by atoms with E-state index in [1.165, 1.54) is 13.5 Å². The highest BCUT2D eigenvalue weighted by Gasteiger charge is 2.34. The Morgan fingerprint density at radius 3 is 1.36 bits per heavy atom. The third-order valence-electron chi connectivity index (χ3n) is 4.55. The molecular weight excluding hydrogens is 536 g/mol. The fourth-order valence-electron chi connectivity index (χ4n) is 2.56. The lowest BCUT2D eigenvalue weighted by molar-refractivity contribution is -0.154. The van der Waals surface area contributed by atoms with Gasteiger partial charge in [-0.15, -0.1) is 0 Å². The van der Waals surface area contributed by atoms with Crippen molar-refractivity contribution in [1.82, 2.24) is 0 Å². The van der Waals surface area contributed by atoms with Crippen molar-refractivity contribution in [2.24, 2.45) is 0 Å². The van der Waals surface area contributed by atoms with Crippen molar-refractivity contribution in [2.45, 2.75) is 57.3 Å². The quantitative estimate of drug-likeness (QED) is 0.195. The number of carbonyl (C=O) groups excluding carboxylic acids is 6. The molecule has 0 radical (unpaired) electrons. The summed E-state index contributed by atoms with van der Waals surface area (Å²) < 4.78 is 40.7. The molecule has 0 spiro atoms. The number of ether oxygens (including phenoxy) is 9. The molecule has 17 heteroatoms. The monoisotopic (exact) mass is 570 g/mol. The molecule has 0 saturated carbocycles. The summed E-state index contributed by atoms with van der Waals surface area (Å²) in [4.78, 5) is 64.9. The van der Waals surface area contributed by atoms with Crippen LogP contribution in [0.5, 0.6) is 0 Å². The van der Waals surface area contributed by atoms with Gasteiger partial charge in [0.15, 0.2) is 0 Å². The molecule has 3 atom stereocenters. The minimum atomic E-state index is -1.03. The highest BCUT2D eigenvalue weighted by molar-refractivity contribution is 5.80. The van der Waals surface area contributed by atoms with Crippen LogP contribution in [0.4, 0.5) is 14.4 Å². The molecule has 0 amide bonds. The molecule has 3 saturated heterocycles. The first kappa shape index (κ1) is 35.1. The van der Waals surface area contributed by atoms with Crippen LogP contribution in [-0.4, -0.2) is 112 Å². The molecule has 0 aliphatic carbocycles. The smallest absolute Gasteiger partial charge is 0.466 e. The Labute approximate surface area is 223 Å². The Morgan fingerprint density at radius 1 is 0.718 bits per heavy atom. The first-order chi connectivity index (χ1) is 18.2. The molecule has 3 heterocycles. The minimum Gasteiger partial charge on any atom is -0.466 e. The fourth-order valence-corrected chi connectivity index (χ4v) is 2.56. The first-order valence-electron chi connectivity index (χ1n) is 11.7. The van der Waals surface area contributed by atoms with E-state index in [1.807, 2.05) is 0 Å². The van der Waals surface area contributed by atoms with Crippen LogP contribution in [0.1, 0.15) is 39.0 Å². The van der Waals surface area contributed by atoms with E-state index in [4.69, 9.17) is 14.6 Å². The lowest BCUT2D eigenvalue weighted by atomic mass is 10.3. The first-order valence-corrected chi connectivity index (χ1v) is 11.7. The second kappa shape index (κ2) is 20.1. The van der Waals surface area contributed by atoms with Crippen LogP contribution in [0, 0.1) is 0 Å². The standard InChI is InChI=1S/C12H14O10.C5H6O5.C5H12O.H2O/c13-9(7-5-19-11(15)21-7)17-3-1-2-4-18-10(14)8-6-20-12(16)22-8;1-8-4(6)3-2-9-5(7)10-3;1-2-3-4-5-6;/h7-8H,1-6H2;3H,2H2,1H3;6H,2-5H2,1H3;1H2. The zero-order valence-electron chi connectivity index (χ0n) is 21.6. The van der Waals surface area contributed by atoms with Crippen molar-refractivity contribution in [3.8, 4) is 0 Å². The summed E-state index contributed by atoms with van der Waals surface area (Å²) in [5.74, 6) is -1.96. The van der Waals surface area contributed by atoms with E-state index in [-0.39, 0.29) is 38.5 Å². The molecule has 3 aliphatic rings. The highest BCUT2D eigenvalue weighted by atomic mass is 16.8. The van der Waals surface area contributed by atoms with Crippen molar-refractivity contribution >= 4 is 36.4 Å². The number of hydrogen-bond acceptors (Lipinski definition) is 16. The van der Waals surface area contributed by atoms with Gasteiger partial charge in [-0.05, 0) is 19.3 Å². The normalized spacial score (nSPS) is 20.4. The predicted octanol–water partition coefficient (Wildman–Crippen LogP) is -0.0372. The molecule has 39 heavy (non-hydrogen) atoms. The third kappa shape index (κ3) is 14.6. The van der Waals surface area contributed by atoms with Gasteiger partial charge in [-0.2, -0.15) is 0 Å². The van der Waals surface area contributed by atoms with E-state index in [0.29, 0.717) is 19.4 Å². The Morgan fingerprint density at radius 2 is 1.10 bits per heavy atom. The second-order valence-electron chi connectivity index (χ2n) is 7.50. The molecular formula is C22H34O17. The summed E-state index contributed by atoms with van der Waals surface area (Å²) in [6.07, 6.45) is -1.33. The number of aliphatic hydroxyl groups excluding tert-OH is 1. The third-order valence-corrected chi connectivity index (χ3v) is 4.55. The van der Waals surface area contributed by atoms with Crippen LogP contribution in [-0.2, 0) is 57.0 Å². The van der Waals surface area contributed by atoms with Gasteiger partial charge in [0.1, 0.15) is 19.8 Å². The maximum atomic E-state index is 11.4. The lowest BCUT2D eigenvalue weighted by Gasteiger charge is -2.09. The molecule has 3 unspecified atom stereocenters. The van der Waals surface area contributed by atoms with Crippen molar-refractivity contribution in [2.75, 3.05) is 46.8 Å². The molecule has 0 aromatic carbocycles. The van der Waals surface area contributed by atoms with E-state index in [9.17, 15) is 28.8 Å². The molecule has 0 aromatic heterocycles. The van der Waals surface area contributed by atoms with E-state index in [0.717, 1.165) is 12.8 Å². The van der Waals surface area contributed by atoms with Crippen LogP contribution < -0.4 is 0 Å². The Bertz CT molecular complexity index is 751. The topological polar surface area (TPSA) is 237 Å². The zero-order valence-corrected chi connectivity index (χ0v) is 21.6. The van der Waals surface area contributed by atoms with Gasteiger partial charge in [0.2, 0.25) is 18.3 Å². The predicted molar refractivity (Wildman–Crippen MR) is 122 cm³/mol. The lowest BCUT2D eigenvalue weighted by Crippen LogP contribution is -2.26. The number of esters is 3. The van der Waals surface area contributed by atoms with Crippen LogP contribution in [0.2, 0.25) is 0 Å². The largest absolute Gasteiger partial charge is 0.509 e. The maximum absolute atomic E-state index is 11.4. The molecule has 17 nitrogen and oxygen atoms in total. The molecule has 3 N–H and O–H groups in total. The van der Waals surface area contributed by atoms with Crippen LogP contribution in [0.25, 0.3) is 0 Å². The molecule has 0 aromatic rings. The Balaban J connectivity index is 0.000000703. The van der Waals surface area contributed by atoms with Gasteiger partial charge < -0.3 is 53.2 Å². The highest BCUT2D eigenvalue weighted by Crippen LogP contribution is 2.10. The van der Waals surface area contributed by atoms with Crippen molar-refractivity contribution in [1.29, 1.82) is 0 Å². The van der Waals surface area contributed by atoms with E-state index in [1.54, 1.807) is 0 Å².